The molecule has 0 amide bonds. The van der Waals surface area contributed by atoms with Gasteiger partial charge in [-0.2, -0.15) is 9.97 Å². The first kappa shape index (κ1) is 12.5. The summed E-state index contributed by atoms with van der Waals surface area (Å²) in [6.07, 6.45) is 1.48. The monoisotopic (exact) mass is 252 g/mol. The smallest absolute Gasteiger partial charge is 0.224 e. The average molecular weight is 252 g/mol. The van der Waals surface area contributed by atoms with E-state index in [1.54, 1.807) is 20.5 Å². The third-order valence-corrected chi connectivity index (χ3v) is 2.49. The summed E-state index contributed by atoms with van der Waals surface area (Å²) in [5.74, 6) is 0.783. The number of nitrogens with zero attached hydrogens (tertiary/aromatic N) is 3. The van der Waals surface area contributed by atoms with E-state index in [-0.39, 0.29) is 12.1 Å². The highest BCUT2D eigenvalue weighted by Gasteiger charge is 2.11. The minimum Gasteiger partial charge on any atom is -0.382 e. The van der Waals surface area contributed by atoms with E-state index < -0.39 is 0 Å². The van der Waals surface area contributed by atoms with Gasteiger partial charge in [0.05, 0.1) is 19.0 Å². The van der Waals surface area contributed by atoms with Gasteiger partial charge >= 0.3 is 0 Å². The van der Waals surface area contributed by atoms with Gasteiger partial charge in [-0.05, 0) is 0 Å². The van der Waals surface area contributed by atoms with Crippen molar-refractivity contribution in [2.24, 2.45) is 0 Å². The molecule has 18 heavy (non-hydrogen) atoms. The fraction of sp³-hybridized carbons (Fsp3) is 0.500. The van der Waals surface area contributed by atoms with Crippen LogP contribution in [-0.2, 0) is 9.47 Å². The Balaban J connectivity index is 2.13. The second-order valence-electron chi connectivity index (χ2n) is 3.73. The molecule has 0 saturated heterocycles. The van der Waals surface area contributed by atoms with Gasteiger partial charge < -0.3 is 25.5 Å². The van der Waals surface area contributed by atoms with Gasteiger partial charge in [0.15, 0.2) is 11.5 Å². The lowest BCUT2D eigenvalue weighted by Crippen LogP contribution is -2.27. The predicted octanol–water partition coefficient (Wildman–Crippen LogP) is 0.00840. The second-order valence-corrected chi connectivity index (χ2v) is 3.73. The van der Waals surface area contributed by atoms with E-state index in [9.17, 15) is 0 Å². The number of ether oxygens (including phenoxy) is 2. The molecule has 0 aromatic carbocycles. The first-order chi connectivity index (χ1) is 8.74. The van der Waals surface area contributed by atoms with Gasteiger partial charge in [-0.15, -0.1) is 0 Å². The van der Waals surface area contributed by atoms with Crippen LogP contribution >= 0.6 is 0 Å². The largest absolute Gasteiger partial charge is 0.382 e. The number of hydrogen-bond acceptors (Lipinski definition) is 7. The number of rotatable bonds is 6. The minimum atomic E-state index is -0.0656. The van der Waals surface area contributed by atoms with E-state index in [1.807, 2.05) is 0 Å². The van der Waals surface area contributed by atoms with E-state index in [1.165, 1.54) is 0 Å². The van der Waals surface area contributed by atoms with Crippen molar-refractivity contribution < 1.29 is 9.47 Å². The summed E-state index contributed by atoms with van der Waals surface area (Å²) >= 11 is 0. The van der Waals surface area contributed by atoms with Crippen LogP contribution in [0.15, 0.2) is 6.33 Å². The summed E-state index contributed by atoms with van der Waals surface area (Å²) in [7, 11) is 3.26. The van der Waals surface area contributed by atoms with Crippen LogP contribution in [0.5, 0.6) is 0 Å². The van der Waals surface area contributed by atoms with Crippen molar-refractivity contribution in [2.45, 2.75) is 6.10 Å². The average Bonchev–Trinajstić information content (AvgIpc) is 2.82. The van der Waals surface area contributed by atoms with Crippen LogP contribution in [-0.4, -0.2) is 53.4 Å². The third kappa shape index (κ3) is 2.66. The van der Waals surface area contributed by atoms with E-state index in [2.05, 4.69) is 25.3 Å². The Morgan fingerprint density at radius 1 is 1.44 bits per heavy atom. The Morgan fingerprint density at radius 2 is 2.28 bits per heavy atom. The fourth-order valence-electron chi connectivity index (χ4n) is 1.58. The molecule has 98 valence electrons. The maximum absolute atomic E-state index is 5.61. The highest BCUT2D eigenvalue weighted by atomic mass is 16.5. The zero-order valence-electron chi connectivity index (χ0n) is 10.3. The van der Waals surface area contributed by atoms with Crippen LogP contribution < -0.4 is 11.1 Å². The van der Waals surface area contributed by atoms with Crippen LogP contribution in [0, 0.1) is 0 Å². The maximum Gasteiger partial charge on any atom is 0.224 e. The van der Waals surface area contributed by atoms with Gasteiger partial charge in [0.1, 0.15) is 5.52 Å². The Hall–Kier alpha value is -1.93. The first-order valence-corrected chi connectivity index (χ1v) is 5.46. The van der Waals surface area contributed by atoms with Crippen LogP contribution in [0.1, 0.15) is 0 Å². The van der Waals surface area contributed by atoms with Gasteiger partial charge in [-0.3, -0.25) is 0 Å². The van der Waals surface area contributed by atoms with Gasteiger partial charge in [-0.25, -0.2) is 4.98 Å². The number of aromatic nitrogens is 4. The van der Waals surface area contributed by atoms with E-state index >= 15 is 0 Å². The Labute approximate surface area is 104 Å². The molecule has 2 aromatic heterocycles. The molecule has 0 aliphatic carbocycles. The summed E-state index contributed by atoms with van der Waals surface area (Å²) in [6.45, 7) is 1.05. The van der Waals surface area contributed by atoms with Crippen molar-refractivity contribution in [1.82, 2.24) is 19.9 Å². The summed E-state index contributed by atoms with van der Waals surface area (Å²) in [6, 6.07) is 0. The molecule has 2 heterocycles. The molecule has 4 N–H and O–H groups in total. The minimum absolute atomic E-state index is 0.0656. The molecule has 0 radical (unpaired) electrons. The molecule has 0 aliphatic heterocycles. The van der Waals surface area contributed by atoms with Crippen LogP contribution in [0.3, 0.4) is 0 Å². The lowest BCUT2D eigenvalue weighted by Gasteiger charge is -2.15. The molecule has 0 saturated carbocycles. The Morgan fingerprint density at radius 3 is 3.00 bits per heavy atom. The quantitative estimate of drug-likeness (QED) is 0.664. The summed E-state index contributed by atoms with van der Waals surface area (Å²) in [5, 5.41) is 3.14. The van der Waals surface area contributed by atoms with Gasteiger partial charge in [0, 0.05) is 20.8 Å². The molecule has 2 rings (SSSR count). The summed E-state index contributed by atoms with van der Waals surface area (Å²) < 4.78 is 10.3. The number of imidazole rings is 1. The molecular weight excluding hydrogens is 236 g/mol. The molecule has 8 nitrogen and oxygen atoms in total. The van der Waals surface area contributed by atoms with Crippen molar-refractivity contribution in [1.29, 1.82) is 0 Å². The number of hydrogen-bond donors (Lipinski definition) is 3. The van der Waals surface area contributed by atoms with Crippen molar-refractivity contribution >= 4 is 22.9 Å². The number of methoxy groups -OCH3 is 2. The molecule has 0 bridgehead atoms. The second kappa shape index (κ2) is 5.61. The zero-order chi connectivity index (χ0) is 13.0. The number of H-pyrrole nitrogens is 1. The van der Waals surface area contributed by atoms with Crippen molar-refractivity contribution in [2.75, 3.05) is 38.4 Å². The van der Waals surface area contributed by atoms with Crippen LogP contribution in [0.2, 0.25) is 0 Å². The van der Waals surface area contributed by atoms with Gasteiger partial charge in [0.25, 0.3) is 0 Å². The van der Waals surface area contributed by atoms with Gasteiger partial charge in [0.2, 0.25) is 5.95 Å². The first-order valence-electron chi connectivity index (χ1n) is 5.46. The lowest BCUT2D eigenvalue weighted by molar-refractivity contribution is 0.0365. The molecule has 1 unspecified atom stereocenters. The zero-order valence-corrected chi connectivity index (χ0v) is 10.3. The van der Waals surface area contributed by atoms with Gasteiger partial charge in [-0.1, -0.05) is 0 Å². The number of fused-ring (bicyclic) bond motifs is 1. The Bertz CT molecular complexity index is 514. The third-order valence-electron chi connectivity index (χ3n) is 2.49. The standard InChI is InChI=1S/C10H16N6O2/c1-17-4-6(18-2)3-12-8-7-9(14-5-13-7)16-10(11)15-8/h5-6H,3-4H2,1-2H3,(H4,11,12,13,14,15,16). The molecule has 0 spiro atoms. The maximum atomic E-state index is 5.61. The van der Waals surface area contributed by atoms with E-state index in [0.717, 1.165) is 5.52 Å². The van der Waals surface area contributed by atoms with Crippen LogP contribution in [0.25, 0.3) is 11.2 Å². The highest BCUT2D eigenvalue weighted by Crippen LogP contribution is 2.17. The van der Waals surface area contributed by atoms with Crippen LogP contribution in [0.4, 0.5) is 11.8 Å². The van der Waals surface area contributed by atoms with Crippen molar-refractivity contribution in [3.8, 4) is 0 Å². The number of nitrogen functional groups attached to an aromatic ring is 1. The molecule has 8 heteroatoms. The van der Waals surface area contributed by atoms with E-state index in [0.29, 0.717) is 24.6 Å². The Kier molecular flexibility index (Phi) is 3.90. The molecule has 0 fully saturated rings. The fourth-order valence-corrected chi connectivity index (χ4v) is 1.58. The molecule has 1 atom stereocenters. The normalized spacial score (nSPS) is 12.8. The number of nitrogens with two attached hydrogens (primary N) is 1. The molecular formula is C10H16N6O2. The predicted molar refractivity (Wildman–Crippen MR) is 67.3 cm³/mol. The summed E-state index contributed by atoms with van der Waals surface area (Å²) in [5.41, 5.74) is 6.86. The molecule has 0 aliphatic rings. The number of nitrogens with one attached hydrogen (secondary N) is 2. The molecule has 2 aromatic rings. The van der Waals surface area contributed by atoms with Crippen molar-refractivity contribution in [3.63, 3.8) is 0 Å². The lowest BCUT2D eigenvalue weighted by atomic mass is 10.3. The topological polar surface area (TPSA) is 111 Å². The highest BCUT2D eigenvalue weighted by molar-refractivity contribution is 5.83. The van der Waals surface area contributed by atoms with Crippen molar-refractivity contribution in [3.05, 3.63) is 6.33 Å². The number of anilines is 2. The summed E-state index contributed by atoms with van der Waals surface area (Å²) in [4.78, 5) is 15.1. The number of aromatic amines is 1. The van der Waals surface area contributed by atoms with E-state index in [4.69, 9.17) is 15.2 Å². The SMILES string of the molecule is COCC(CNc1nc(N)nc2nc[nH]c12)OC.